The van der Waals surface area contributed by atoms with Crippen molar-refractivity contribution in [1.29, 1.82) is 0 Å². The first-order valence-corrected chi connectivity index (χ1v) is 6.40. The molecule has 0 saturated carbocycles. The fourth-order valence-corrected chi connectivity index (χ4v) is 2.10. The molecule has 1 heterocycles. The molecule has 0 amide bonds. The van der Waals surface area contributed by atoms with Crippen molar-refractivity contribution in [3.63, 3.8) is 0 Å². The molecule has 1 fully saturated rings. The van der Waals surface area contributed by atoms with Gasteiger partial charge in [-0.25, -0.2) is 0 Å². The lowest BCUT2D eigenvalue weighted by molar-refractivity contribution is -0.108. The van der Waals surface area contributed by atoms with E-state index in [-0.39, 0.29) is 0 Å². The zero-order chi connectivity index (χ0) is 11.8. The average Bonchev–Trinajstić information content (AvgIpc) is 2.40. The van der Waals surface area contributed by atoms with Crippen molar-refractivity contribution in [2.24, 2.45) is 0 Å². The van der Waals surface area contributed by atoms with Gasteiger partial charge in [-0.05, 0) is 13.1 Å². The highest BCUT2D eigenvalue weighted by molar-refractivity contribution is 5.51. The van der Waals surface area contributed by atoms with Crippen LogP contribution in [0.3, 0.4) is 0 Å². The van der Waals surface area contributed by atoms with Crippen LogP contribution in [-0.4, -0.2) is 79.9 Å². The summed E-state index contributed by atoms with van der Waals surface area (Å²) in [6.07, 6.45) is 1.02. The fraction of sp³-hybridized carbons (Fsp3) is 0.917. The van der Waals surface area contributed by atoms with Gasteiger partial charge in [0.2, 0.25) is 0 Å². The third-order valence-electron chi connectivity index (χ3n) is 3.42. The molecule has 94 valence electrons. The zero-order valence-electron chi connectivity index (χ0n) is 10.7. The zero-order valence-corrected chi connectivity index (χ0v) is 10.7. The number of hydrogen-bond donors (Lipinski definition) is 0. The summed E-state index contributed by atoms with van der Waals surface area (Å²) in [5, 5.41) is 0. The Morgan fingerprint density at radius 2 is 1.19 bits per heavy atom. The first kappa shape index (κ1) is 13.6. The number of rotatable bonds is 4. The Morgan fingerprint density at radius 1 is 0.812 bits per heavy atom. The number of carbonyl (C=O) groups is 1. The number of likely N-dealkylation sites (N-methyl/N-ethyl adjacent to an activating group) is 2. The minimum absolute atomic E-state index is 0.578. The number of carbonyl (C=O) groups excluding carboxylic acids is 1. The molecule has 16 heavy (non-hydrogen) atoms. The van der Waals surface area contributed by atoms with Crippen LogP contribution >= 0.6 is 0 Å². The van der Waals surface area contributed by atoms with Crippen molar-refractivity contribution in [3.8, 4) is 0 Å². The molecule has 0 bridgehead atoms. The molecule has 0 N–H and O–H groups in total. The molecule has 4 nitrogen and oxygen atoms in total. The molecule has 0 radical (unpaired) electrons. The van der Waals surface area contributed by atoms with E-state index < -0.39 is 0 Å². The highest BCUT2D eigenvalue weighted by Gasteiger charge is 2.13. The van der Waals surface area contributed by atoms with Crippen LogP contribution in [0.15, 0.2) is 0 Å². The number of nitrogens with zero attached hydrogens (tertiary/aromatic N) is 3. The van der Waals surface area contributed by atoms with E-state index in [4.69, 9.17) is 0 Å². The predicted molar refractivity (Wildman–Crippen MR) is 66.7 cm³/mol. The van der Waals surface area contributed by atoms with E-state index >= 15 is 0 Å². The molecule has 0 aromatic heterocycles. The molecule has 0 spiro atoms. The second-order valence-electron chi connectivity index (χ2n) is 4.34. The van der Waals surface area contributed by atoms with E-state index in [1.807, 2.05) is 0 Å². The van der Waals surface area contributed by atoms with Gasteiger partial charge in [0.15, 0.2) is 0 Å². The van der Waals surface area contributed by atoms with Gasteiger partial charge in [-0.1, -0.05) is 13.8 Å². The van der Waals surface area contributed by atoms with Crippen LogP contribution in [0.25, 0.3) is 0 Å². The summed E-state index contributed by atoms with van der Waals surface area (Å²) in [7, 11) is 0. The van der Waals surface area contributed by atoms with Gasteiger partial charge in [-0.2, -0.15) is 0 Å². The Bertz CT molecular complexity index is 183. The van der Waals surface area contributed by atoms with Crippen LogP contribution < -0.4 is 0 Å². The van der Waals surface area contributed by atoms with Crippen LogP contribution in [0.2, 0.25) is 0 Å². The lowest BCUT2D eigenvalue weighted by Gasteiger charge is -2.23. The van der Waals surface area contributed by atoms with Gasteiger partial charge in [-0.3, -0.25) is 4.90 Å². The maximum absolute atomic E-state index is 10.6. The summed E-state index contributed by atoms with van der Waals surface area (Å²) in [6, 6.07) is 0. The van der Waals surface area contributed by atoms with Crippen molar-refractivity contribution in [3.05, 3.63) is 0 Å². The lowest BCUT2D eigenvalue weighted by atomic mass is 10.4. The Kier molecular flexibility index (Phi) is 6.61. The van der Waals surface area contributed by atoms with Crippen LogP contribution in [0.4, 0.5) is 0 Å². The molecular formula is C12H25N3O. The first-order valence-electron chi connectivity index (χ1n) is 6.40. The molecular weight excluding hydrogens is 202 g/mol. The van der Waals surface area contributed by atoms with Gasteiger partial charge in [0.1, 0.15) is 6.29 Å². The Labute approximate surface area is 99.2 Å². The van der Waals surface area contributed by atoms with Crippen molar-refractivity contribution in [1.82, 2.24) is 14.7 Å². The molecule has 1 aliphatic rings. The van der Waals surface area contributed by atoms with E-state index in [1.54, 1.807) is 0 Å². The molecule has 0 aromatic rings. The van der Waals surface area contributed by atoms with Crippen molar-refractivity contribution >= 4 is 6.29 Å². The summed E-state index contributed by atoms with van der Waals surface area (Å²) in [5.41, 5.74) is 0. The molecule has 0 unspecified atom stereocenters. The van der Waals surface area contributed by atoms with E-state index in [0.29, 0.717) is 6.54 Å². The van der Waals surface area contributed by atoms with Crippen molar-refractivity contribution in [2.75, 3.05) is 58.9 Å². The predicted octanol–water partition coefficient (Wildman–Crippen LogP) is 0.145. The van der Waals surface area contributed by atoms with E-state index in [0.717, 1.165) is 58.6 Å². The van der Waals surface area contributed by atoms with Gasteiger partial charge < -0.3 is 14.6 Å². The normalized spacial score (nSPS) is 22.4. The monoisotopic (exact) mass is 227 g/mol. The Hall–Kier alpha value is -0.450. The SMILES string of the molecule is CCN1CCN(CC)CCN(CC=O)CC1. The number of hydrogen-bond acceptors (Lipinski definition) is 4. The highest BCUT2D eigenvalue weighted by Crippen LogP contribution is 1.99. The summed E-state index contributed by atoms with van der Waals surface area (Å²) < 4.78 is 0. The van der Waals surface area contributed by atoms with E-state index in [9.17, 15) is 4.79 Å². The van der Waals surface area contributed by atoms with Gasteiger partial charge in [0, 0.05) is 39.3 Å². The van der Waals surface area contributed by atoms with E-state index in [2.05, 4.69) is 28.5 Å². The maximum Gasteiger partial charge on any atom is 0.133 e. The third kappa shape index (κ3) is 4.60. The number of aldehydes is 1. The third-order valence-corrected chi connectivity index (χ3v) is 3.42. The molecule has 0 atom stereocenters. The van der Waals surface area contributed by atoms with Crippen molar-refractivity contribution in [2.45, 2.75) is 13.8 Å². The van der Waals surface area contributed by atoms with Gasteiger partial charge in [-0.15, -0.1) is 0 Å². The first-order chi connectivity index (χ1) is 7.80. The quantitative estimate of drug-likeness (QED) is 0.639. The molecule has 0 aromatic carbocycles. The largest absolute Gasteiger partial charge is 0.302 e. The van der Waals surface area contributed by atoms with Crippen LogP contribution in [-0.2, 0) is 4.79 Å². The Morgan fingerprint density at radius 3 is 1.50 bits per heavy atom. The lowest BCUT2D eigenvalue weighted by Crippen LogP contribution is -2.37. The summed E-state index contributed by atoms with van der Waals surface area (Å²) >= 11 is 0. The molecule has 1 aliphatic heterocycles. The Balaban J connectivity index is 2.50. The fourth-order valence-electron chi connectivity index (χ4n) is 2.10. The highest BCUT2D eigenvalue weighted by atomic mass is 16.1. The van der Waals surface area contributed by atoms with Gasteiger partial charge in [0.25, 0.3) is 0 Å². The van der Waals surface area contributed by atoms with Gasteiger partial charge in [0.05, 0.1) is 6.54 Å². The molecule has 1 saturated heterocycles. The minimum Gasteiger partial charge on any atom is -0.302 e. The van der Waals surface area contributed by atoms with Crippen LogP contribution in [0.5, 0.6) is 0 Å². The maximum atomic E-state index is 10.6. The molecule has 4 heteroatoms. The second-order valence-corrected chi connectivity index (χ2v) is 4.34. The van der Waals surface area contributed by atoms with Crippen LogP contribution in [0.1, 0.15) is 13.8 Å². The topological polar surface area (TPSA) is 26.8 Å². The minimum atomic E-state index is 0.578. The van der Waals surface area contributed by atoms with Crippen molar-refractivity contribution < 1.29 is 4.79 Å². The molecule has 1 rings (SSSR count). The van der Waals surface area contributed by atoms with Gasteiger partial charge >= 0.3 is 0 Å². The molecule has 0 aliphatic carbocycles. The summed E-state index contributed by atoms with van der Waals surface area (Å²) in [5.74, 6) is 0. The van der Waals surface area contributed by atoms with E-state index in [1.165, 1.54) is 0 Å². The smallest absolute Gasteiger partial charge is 0.133 e. The average molecular weight is 227 g/mol. The summed E-state index contributed by atoms with van der Waals surface area (Å²) in [4.78, 5) is 17.8. The van der Waals surface area contributed by atoms with Crippen LogP contribution in [0, 0.1) is 0 Å². The standard InChI is InChI=1S/C12H25N3O/c1-3-13-5-6-14(4-2)8-10-15(9-7-13)11-12-16/h12H,3-11H2,1-2H3. The second kappa shape index (κ2) is 7.76. The summed E-state index contributed by atoms with van der Waals surface area (Å²) in [6.45, 7) is 13.7.